The van der Waals surface area contributed by atoms with Gasteiger partial charge in [0.15, 0.2) is 0 Å². The Morgan fingerprint density at radius 1 is 1.21 bits per heavy atom. The Labute approximate surface area is 192 Å². The van der Waals surface area contributed by atoms with Crippen LogP contribution in [0.15, 0.2) is 67.0 Å². The lowest BCUT2D eigenvalue weighted by atomic mass is 9.78. The summed E-state index contributed by atoms with van der Waals surface area (Å²) < 4.78 is 13.8. The van der Waals surface area contributed by atoms with E-state index >= 15 is 0 Å². The number of hydrogen-bond acceptors (Lipinski definition) is 5. The van der Waals surface area contributed by atoms with Gasteiger partial charge in [0.1, 0.15) is 18.1 Å². The molecule has 0 aliphatic carbocycles. The third kappa shape index (κ3) is 4.43. The first-order valence-corrected chi connectivity index (χ1v) is 10.8. The second-order valence-electron chi connectivity index (χ2n) is 8.59. The minimum atomic E-state index is -1.13. The number of nitriles is 1. The van der Waals surface area contributed by atoms with Crippen LogP contribution in [0.3, 0.4) is 0 Å². The van der Waals surface area contributed by atoms with Gasteiger partial charge in [-0.25, -0.2) is 4.39 Å². The zero-order valence-corrected chi connectivity index (χ0v) is 18.4. The summed E-state index contributed by atoms with van der Waals surface area (Å²) in [6.07, 6.45) is 2.25. The quantitative estimate of drug-likeness (QED) is 0.548. The van der Waals surface area contributed by atoms with Crippen LogP contribution in [0.4, 0.5) is 10.1 Å². The van der Waals surface area contributed by atoms with Crippen molar-refractivity contribution in [3.05, 3.63) is 95.1 Å². The molecule has 0 bridgehead atoms. The largest absolute Gasteiger partial charge is 0.373 e. The molecule has 1 aromatic heterocycles. The number of pyridine rings is 1. The topological polar surface area (TPSA) is 89.3 Å². The van der Waals surface area contributed by atoms with Crippen molar-refractivity contribution in [2.75, 3.05) is 11.9 Å². The van der Waals surface area contributed by atoms with Gasteiger partial charge in [0, 0.05) is 30.2 Å². The fourth-order valence-electron chi connectivity index (χ4n) is 4.46. The predicted molar refractivity (Wildman–Crippen MR) is 123 cm³/mol. The summed E-state index contributed by atoms with van der Waals surface area (Å²) >= 11 is 0. The fraction of sp³-hybridized carbons (Fsp3) is 0.269. The van der Waals surface area contributed by atoms with Gasteiger partial charge in [0.2, 0.25) is 0 Å². The molecule has 2 heterocycles. The Kier molecular flexibility index (Phi) is 6.38. The van der Waals surface area contributed by atoms with Gasteiger partial charge in [0.25, 0.3) is 5.91 Å². The highest BCUT2D eigenvalue weighted by molar-refractivity contribution is 5.97. The molecular weight excluding hydrogens is 419 g/mol. The van der Waals surface area contributed by atoms with E-state index < -0.39 is 24.0 Å². The van der Waals surface area contributed by atoms with Crippen LogP contribution in [0, 0.1) is 23.1 Å². The van der Waals surface area contributed by atoms with Gasteiger partial charge < -0.3 is 15.3 Å². The SMILES string of the molecule is CC(C)CN1C(=O)c2ccccc2[C@H](C(O)Nc2ccc(F)c(C#N)c2)[C@H]1c1cccnc1. The number of anilines is 1. The first-order valence-electron chi connectivity index (χ1n) is 10.8. The highest BCUT2D eigenvalue weighted by Gasteiger charge is 2.44. The second-order valence-corrected chi connectivity index (χ2v) is 8.59. The summed E-state index contributed by atoms with van der Waals surface area (Å²) in [5, 5.41) is 23.6. The fourth-order valence-corrected chi connectivity index (χ4v) is 4.46. The van der Waals surface area contributed by atoms with E-state index in [1.165, 1.54) is 18.2 Å². The molecule has 6 nitrogen and oxygen atoms in total. The molecule has 1 aliphatic rings. The van der Waals surface area contributed by atoms with Crippen molar-refractivity contribution in [2.45, 2.75) is 32.0 Å². The summed E-state index contributed by atoms with van der Waals surface area (Å²) in [5.41, 5.74) is 2.37. The van der Waals surface area contributed by atoms with Crippen molar-refractivity contribution in [1.29, 1.82) is 5.26 Å². The van der Waals surface area contributed by atoms with Gasteiger partial charge in [-0.3, -0.25) is 9.78 Å². The number of aromatic nitrogens is 1. The normalized spacial score (nSPS) is 18.5. The number of aliphatic hydroxyl groups excluding tert-OH is 1. The smallest absolute Gasteiger partial charge is 0.254 e. The van der Waals surface area contributed by atoms with Crippen LogP contribution in [0.1, 0.15) is 52.9 Å². The van der Waals surface area contributed by atoms with E-state index in [2.05, 4.69) is 10.3 Å². The molecular formula is C26H25FN4O2. The van der Waals surface area contributed by atoms with Gasteiger partial charge in [-0.15, -0.1) is 0 Å². The van der Waals surface area contributed by atoms with E-state index in [1.54, 1.807) is 23.4 Å². The molecule has 3 aromatic rings. The zero-order valence-electron chi connectivity index (χ0n) is 18.4. The molecule has 33 heavy (non-hydrogen) atoms. The van der Waals surface area contributed by atoms with E-state index in [1.807, 2.05) is 50.2 Å². The molecule has 168 valence electrons. The molecule has 2 aromatic carbocycles. The Morgan fingerprint density at radius 2 is 2.00 bits per heavy atom. The number of carbonyl (C=O) groups excluding carboxylic acids is 1. The Balaban J connectivity index is 1.82. The number of halogens is 1. The minimum Gasteiger partial charge on any atom is -0.373 e. The van der Waals surface area contributed by atoms with Gasteiger partial charge in [-0.2, -0.15) is 5.26 Å². The van der Waals surface area contributed by atoms with Crippen LogP contribution in [-0.4, -0.2) is 33.7 Å². The first kappa shape index (κ1) is 22.4. The van der Waals surface area contributed by atoms with Crippen molar-refractivity contribution in [1.82, 2.24) is 9.88 Å². The number of fused-ring (bicyclic) bond motifs is 1. The molecule has 7 heteroatoms. The van der Waals surface area contributed by atoms with Crippen molar-refractivity contribution >= 4 is 11.6 Å². The maximum atomic E-state index is 13.8. The minimum absolute atomic E-state index is 0.0925. The van der Waals surface area contributed by atoms with Crippen molar-refractivity contribution in [3.63, 3.8) is 0 Å². The molecule has 1 unspecified atom stereocenters. The lowest BCUT2D eigenvalue weighted by Gasteiger charge is -2.45. The monoisotopic (exact) mass is 444 g/mol. The standard InChI is InChI=1S/C26H25FN4O2/c1-16(2)15-31-24(17-6-5-11-29-14-17)23(20-7-3-4-8-21(20)26(31)33)25(32)30-19-9-10-22(27)18(12-19)13-28/h3-12,14,16,23-25,30,32H,15H2,1-2H3/t23-,24+,25?/m0/s1. The molecule has 0 saturated heterocycles. The van der Waals surface area contributed by atoms with Gasteiger partial charge in [-0.05, 0) is 47.4 Å². The predicted octanol–water partition coefficient (Wildman–Crippen LogP) is 4.46. The molecule has 3 atom stereocenters. The highest BCUT2D eigenvalue weighted by atomic mass is 19.1. The van der Waals surface area contributed by atoms with Crippen molar-refractivity contribution in [2.24, 2.45) is 5.92 Å². The number of nitrogens with one attached hydrogen (secondary N) is 1. The molecule has 4 rings (SSSR count). The Hall–Kier alpha value is -3.76. The second kappa shape index (κ2) is 9.39. The summed E-state index contributed by atoms with van der Waals surface area (Å²) in [4.78, 5) is 19.6. The summed E-state index contributed by atoms with van der Waals surface area (Å²) in [6.45, 7) is 4.59. The van der Waals surface area contributed by atoms with E-state index in [-0.39, 0.29) is 17.4 Å². The molecule has 0 saturated carbocycles. The maximum Gasteiger partial charge on any atom is 0.254 e. The summed E-state index contributed by atoms with van der Waals surface area (Å²) in [6, 6.07) is 16.4. The molecule has 0 spiro atoms. The molecule has 0 fully saturated rings. The number of hydrogen-bond donors (Lipinski definition) is 2. The van der Waals surface area contributed by atoms with E-state index in [9.17, 15) is 14.3 Å². The average Bonchev–Trinajstić information content (AvgIpc) is 2.82. The lowest BCUT2D eigenvalue weighted by Crippen LogP contribution is -2.48. The molecule has 2 N–H and O–H groups in total. The number of aliphatic hydroxyl groups is 1. The van der Waals surface area contributed by atoms with Crippen LogP contribution >= 0.6 is 0 Å². The van der Waals surface area contributed by atoms with Gasteiger partial charge in [0.05, 0.1) is 17.5 Å². The van der Waals surface area contributed by atoms with Gasteiger partial charge in [-0.1, -0.05) is 38.1 Å². The third-order valence-corrected chi connectivity index (χ3v) is 5.82. The van der Waals surface area contributed by atoms with Crippen LogP contribution in [0.5, 0.6) is 0 Å². The molecule has 1 aliphatic heterocycles. The molecule has 0 radical (unpaired) electrons. The Morgan fingerprint density at radius 3 is 2.70 bits per heavy atom. The Bertz CT molecular complexity index is 1190. The number of benzene rings is 2. The summed E-state index contributed by atoms with van der Waals surface area (Å²) in [7, 11) is 0. The van der Waals surface area contributed by atoms with Crippen molar-refractivity contribution < 1.29 is 14.3 Å². The van der Waals surface area contributed by atoms with E-state index in [0.29, 0.717) is 17.8 Å². The van der Waals surface area contributed by atoms with E-state index in [0.717, 1.165) is 11.1 Å². The first-order chi connectivity index (χ1) is 15.9. The van der Waals surface area contributed by atoms with Gasteiger partial charge >= 0.3 is 0 Å². The molecule has 1 amide bonds. The lowest BCUT2D eigenvalue weighted by molar-refractivity contribution is 0.0441. The van der Waals surface area contributed by atoms with Crippen LogP contribution in [0.2, 0.25) is 0 Å². The van der Waals surface area contributed by atoms with Crippen LogP contribution < -0.4 is 5.32 Å². The average molecular weight is 445 g/mol. The number of rotatable bonds is 6. The summed E-state index contributed by atoms with van der Waals surface area (Å²) in [5.74, 6) is -1.04. The van der Waals surface area contributed by atoms with E-state index in [4.69, 9.17) is 5.26 Å². The van der Waals surface area contributed by atoms with Crippen LogP contribution in [0.25, 0.3) is 0 Å². The number of nitrogens with zero attached hydrogens (tertiary/aromatic N) is 3. The maximum absolute atomic E-state index is 13.8. The number of amides is 1. The third-order valence-electron chi connectivity index (χ3n) is 5.82. The zero-order chi connectivity index (χ0) is 23.5. The highest BCUT2D eigenvalue weighted by Crippen LogP contribution is 2.44. The van der Waals surface area contributed by atoms with Crippen molar-refractivity contribution in [3.8, 4) is 6.07 Å². The van der Waals surface area contributed by atoms with Crippen LogP contribution in [-0.2, 0) is 0 Å². The number of carbonyl (C=O) groups is 1.